The van der Waals surface area contributed by atoms with Gasteiger partial charge in [0.1, 0.15) is 0 Å². The van der Waals surface area contributed by atoms with Crippen molar-refractivity contribution in [1.29, 1.82) is 0 Å². The minimum Gasteiger partial charge on any atom is -0.314 e. The van der Waals surface area contributed by atoms with Crippen LogP contribution in [0.3, 0.4) is 0 Å². The predicted molar refractivity (Wildman–Crippen MR) is 80.9 cm³/mol. The molecule has 0 aliphatic rings. The second kappa shape index (κ2) is 7.05. The van der Waals surface area contributed by atoms with Crippen molar-refractivity contribution in [3.63, 3.8) is 0 Å². The van der Waals surface area contributed by atoms with Gasteiger partial charge < -0.3 is 5.32 Å². The highest BCUT2D eigenvalue weighted by atomic mass is 32.2. The van der Waals surface area contributed by atoms with E-state index in [-0.39, 0.29) is 0 Å². The summed E-state index contributed by atoms with van der Waals surface area (Å²) >= 11 is 0. The van der Waals surface area contributed by atoms with Crippen LogP contribution >= 0.6 is 0 Å². The quantitative estimate of drug-likeness (QED) is 0.693. The van der Waals surface area contributed by atoms with Gasteiger partial charge in [0.05, 0.1) is 11.4 Å². The molecule has 20 heavy (non-hydrogen) atoms. The maximum Gasteiger partial charge on any atom is 0.301 e. The van der Waals surface area contributed by atoms with Gasteiger partial charge in [0.2, 0.25) is 0 Å². The number of hydrogen-bond donors (Lipinski definition) is 2. The highest BCUT2D eigenvalue weighted by molar-refractivity contribution is 7.90. The normalized spacial score (nSPS) is 12.3. The van der Waals surface area contributed by atoms with E-state index in [1.165, 1.54) is 4.31 Å². The molecule has 0 aromatic carbocycles. The van der Waals surface area contributed by atoms with Crippen molar-refractivity contribution < 1.29 is 8.42 Å². The van der Waals surface area contributed by atoms with Gasteiger partial charge in [-0.2, -0.15) is 17.8 Å². The topological polar surface area (TPSA) is 79.3 Å². The van der Waals surface area contributed by atoms with Gasteiger partial charge in [0, 0.05) is 32.9 Å². The summed E-state index contributed by atoms with van der Waals surface area (Å²) in [6, 6.07) is 0.410. The summed E-state index contributed by atoms with van der Waals surface area (Å²) in [7, 11) is -0.192. The molecule has 1 aromatic heterocycles. The van der Waals surface area contributed by atoms with Gasteiger partial charge in [0.25, 0.3) is 0 Å². The number of nitrogens with one attached hydrogen (secondary N) is 2. The molecular formula is C12H25N5O2S. The van der Waals surface area contributed by atoms with Crippen LogP contribution in [0.5, 0.6) is 0 Å². The smallest absolute Gasteiger partial charge is 0.301 e. The molecule has 7 nitrogen and oxygen atoms in total. The average Bonchev–Trinajstić information content (AvgIpc) is 2.62. The number of aryl methyl sites for hydroxylation is 2. The van der Waals surface area contributed by atoms with Crippen molar-refractivity contribution in [2.24, 2.45) is 7.05 Å². The van der Waals surface area contributed by atoms with Crippen LogP contribution in [0.4, 0.5) is 5.69 Å². The van der Waals surface area contributed by atoms with Crippen LogP contribution < -0.4 is 10.0 Å². The van der Waals surface area contributed by atoms with E-state index >= 15 is 0 Å². The molecule has 1 aromatic rings. The highest BCUT2D eigenvalue weighted by Gasteiger charge is 2.19. The Morgan fingerprint density at radius 2 is 2.10 bits per heavy atom. The van der Waals surface area contributed by atoms with Crippen molar-refractivity contribution in [1.82, 2.24) is 19.4 Å². The molecule has 2 N–H and O–H groups in total. The van der Waals surface area contributed by atoms with Gasteiger partial charge in [-0.3, -0.25) is 9.40 Å². The average molecular weight is 303 g/mol. The molecule has 0 aliphatic heterocycles. The van der Waals surface area contributed by atoms with Crippen molar-refractivity contribution in [3.05, 3.63) is 11.9 Å². The van der Waals surface area contributed by atoms with E-state index < -0.39 is 10.2 Å². The Kier molecular flexibility index (Phi) is 5.97. The molecule has 0 fully saturated rings. The van der Waals surface area contributed by atoms with Gasteiger partial charge in [-0.05, 0) is 19.9 Å². The van der Waals surface area contributed by atoms with Crippen molar-refractivity contribution in [3.8, 4) is 0 Å². The van der Waals surface area contributed by atoms with Crippen molar-refractivity contribution >= 4 is 15.9 Å². The zero-order valence-corrected chi connectivity index (χ0v) is 13.7. The van der Waals surface area contributed by atoms with Gasteiger partial charge in [-0.15, -0.1) is 0 Å². The second-order valence-electron chi connectivity index (χ2n) is 5.19. The van der Waals surface area contributed by atoms with E-state index in [1.807, 2.05) is 0 Å². The van der Waals surface area contributed by atoms with E-state index in [2.05, 4.69) is 29.0 Å². The Hall–Kier alpha value is -1.12. The lowest BCUT2D eigenvalue weighted by Crippen LogP contribution is -2.35. The molecule has 0 amide bonds. The summed E-state index contributed by atoms with van der Waals surface area (Å²) in [5.74, 6) is 0. The summed E-state index contributed by atoms with van der Waals surface area (Å²) < 4.78 is 29.7. The molecule has 0 saturated heterocycles. The molecule has 0 aliphatic carbocycles. The van der Waals surface area contributed by atoms with Crippen LogP contribution in [-0.2, 0) is 17.3 Å². The number of aromatic nitrogens is 2. The second-order valence-corrected chi connectivity index (χ2v) is 6.97. The molecular weight excluding hydrogens is 278 g/mol. The maximum absolute atomic E-state index is 12.1. The van der Waals surface area contributed by atoms with Crippen LogP contribution in [0, 0.1) is 6.92 Å². The minimum atomic E-state index is -3.52. The van der Waals surface area contributed by atoms with Crippen LogP contribution in [0.25, 0.3) is 0 Å². The van der Waals surface area contributed by atoms with Crippen LogP contribution in [0.1, 0.15) is 26.0 Å². The molecule has 0 saturated carbocycles. The van der Waals surface area contributed by atoms with Gasteiger partial charge in [0.15, 0.2) is 0 Å². The Bertz CT molecular complexity index is 524. The minimum absolute atomic E-state index is 0.410. The fourth-order valence-corrected chi connectivity index (χ4v) is 2.73. The third-order valence-electron chi connectivity index (χ3n) is 2.87. The van der Waals surface area contributed by atoms with Crippen LogP contribution in [0.15, 0.2) is 6.20 Å². The maximum atomic E-state index is 12.1. The van der Waals surface area contributed by atoms with Crippen LogP contribution in [-0.4, -0.2) is 48.7 Å². The third kappa shape index (κ3) is 5.10. The molecule has 0 bridgehead atoms. The fourth-order valence-electron chi connectivity index (χ4n) is 1.73. The summed E-state index contributed by atoms with van der Waals surface area (Å²) in [4.78, 5) is 0. The summed E-state index contributed by atoms with van der Waals surface area (Å²) in [6.45, 7) is 7.16. The molecule has 8 heteroatoms. The van der Waals surface area contributed by atoms with Gasteiger partial charge in [-0.25, -0.2) is 0 Å². The first-order valence-corrected chi connectivity index (χ1v) is 8.14. The molecule has 0 atom stereocenters. The number of rotatable bonds is 8. The number of anilines is 1. The monoisotopic (exact) mass is 303 g/mol. The lowest BCUT2D eigenvalue weighted by molar-refractivity contribution is 0.451. The van der Waals surface area contributed by atoms with Crippen molar-refractivity contribution in [2.45, 2.75) is 33.2 Å². The third-order valence-corrected chi connectivity index (χ3v) is 4.35. The standard InChI is InChI=1S/C12H25N5O2S/c1-10(2)13-7-6-8-17(5)20(18,19)15-12-9-16(4)14-11(12)3/h9-10,13,15H,6-8H2,1-5H3. The van der Waals surface area contributed by atoms with E-state index in [9.17, 15) is 8.42 Å². The summed E-state index contributed by atoms with van der Waals surface area (Å²) in [5, 5.41) is 7.37. The first-order chi connectivity index (χ1) is 9.22. The Morgan fingerprint density at radius 3 is 2.60 bits per heavy atom. The Balaban J connectivity index is 2.53. The summed E-state index contributed by atoms with van der Waals surface area (Å²) in [6.07, 6.45) is 2.42. The van der Waals surface area contributed by atoms with E-state index in [0.717, 1.165) is 13.0 Å². The molecule has 0 spiro atoms. The van der Waals surface area contributed by atoms with Crippen molar-refractivity contribution in [2.75, 3.05) is 24.9 Å². The first-order valence-electron chi connectivity index (χ1n) is 6.70. The van der Waals surface area contributed by atoms with Gasteiger partial charge in [-0.1, -0.05) is 13.8 Å². The molecule has 1 rings (SSSR count). The lowest BCUT2D eigenvalue weighted by Gasteiger charge is -2.18. The SMILES string of the molecule is Cc1nn(C)cc1NS(=O)(=O)N(C)CCCNC(C)C. The zero-order chi connectivity index (χ0) is 15.3. The fraction of sp³-hybridized carbons (Fsp3) is 0.750. The van der Waals surface area contributed by atoms with Crippen LogP contribution in [0.2, 0.25) is 0 Å². The zero-order valence-electron chi connectivity index (χ0n) is 12.8. The molecule has 116 valence electrons. The largest absolute Gasteiger partial charge is 0.314 e. The number of hydrogen-bond acceptors (Lipinski definition) is 4. The lowest BCUT2D eigenvalue weighted by atomic mass is 10.3. The Labute approximate surface area is 121 Å². The van der Waals surface area contributed by atoms with E-state index in [4.69, 9.17) is 0 Å². The van der Waals surface area contributed by atoms with E-state index in [1.54, 1.807) is 31.9 Å². The molecule has 0 radical (unpaired) electrons. The number of nitrogens with zero attached hydrogens (tertiary/aromatic N) is 3. The van der Waals surface area contributed by atoms with E-state index in [0.29, 0.717) is 24.0 Å². The molecule has 0 unspecified atom stereocenters. The summed E-state index contributed by atoms with van der Waals surface area (Å²) in [5.41, 5.74) is 1.17. The Morgan fingerprint density at radius 1 is 1.45 bits per heavy atom. The highest BCUT2D eigenvalue weighted by Crippen LogP contribution is 2.14. The predicted octanol–water partition coefficient (Wildman–Crippen LogP) is 0.705. The van der Waals surface area contributed by atoms with Gasteiger partial charge >= 0.3 is 10.2 Å². The molecule has 1 heterocycles. The first kappa shape index (κ1) is 16.9.